The SMILES string of the molecule is CCCCC[C@H]1O[C@H]1C/C=C\C/C=C\CCCCCCC(=O)O. The van der Waals surface area contributed by atoms with Crippen molar-refractivity contribution in [1.82, 2.24) is 0 Å². The highest BCUT2D eigenvalue weighted by Gasteiger charge is 2.36. The molecule has 1 aliphatic rings. The number of unbranched alkanes of at least 4 members (excludes halogenated alkanes) is 6. The van der Waals surface area contributed by atoms with Crippen molar-refractivity contribution in [1.29, 1.82) is 0 Å². The van der Waals surface area contributed by atoms with E-state index in [1.165, 1.54) is 25.7 Å². The van der Waals surface area contributed by atoms with E-state index in [2.05, 4.69) is 31.2 Å². The molecule has 0 saturated carbocycles. The topological polar surface area (TPSA) is 49.8 Å². The summed E-state index contributed by atoms with van der Waals surface area (Å²) in [5.74, 6) is -0.680. The summed E-state index contributed by atoms with van der Waals surface area (Å²) in [7, 11) is 0. The van der Waals surface area contributed by atoms with Gasteiger partial charge in [0, 0.05) is 6.42 Å². The summed E-state index contributed by atoms with van der Waals surface area (Å²) in [6, 6.07) is 0. The Morgan fingerprint density at radius 1 is 0.957 bits per heavy atom. The van der Waals surface area contributed by atoms with Gasteiger partial charge in [-0.15, -0.1) is 0 Å². The molecule has 0 unspecified atom stereocenters. The molecule has 0 aromatic carbocycles. The molecule has 0 aromatic rings. The highest BCUT2D eigenvalue weighted by Crippen LogP contribution is 2.30. The lowest BCUT2D eigenvalue weighted by Gasteiger charge is -1.96. The van der Waals surface area contributed by atoms with E-state index in [9.17, 15) is 4.79 Å². The molecule has 132 valence electrons. The summed E-state index contributed by atoms with van der Waals surface area (Å²) in [4.78, 5) is 10.4. The van der Waals surface area contributed by atoms with Gasteiger partial charge in [0.2, 0.25) is 0 Å². The van der Waals surface area contributed by atoms with Crippen LogP contribution < -0.4 is 0 Å². The molecule has 3 nitrogen and oxygen atoms in total. The third-order valence-electron chi connectivity index (χ3n) is 4.27. The number of ether oxygens (including phenoxy) is 1. The monoisotopic (exact) mass is 322 g/mol. The smallest absolute Gasteiger partial charge is 0.303 e. The van der Waals surface area contributed by atoms with Crippen molar-refractivity contribution >= 4 is 5.97 Å². The van der Waals surface area contributed by atoms with Gasteiger partial charge in [-0.1, -0.05) is 63.3 Å². The molecule has 1 fully saturated rings. The van der Waals surface area contributed by atoms with E-state index in [4.69, 9.17) is 9.84 Å². The summed E-state index contributed by atoms with van der Waals surface area (Å²) < 4.78 is 5.66. The largest absolute Gasteiger partial charge is 0.481 e. The van der Waals surface area contributed by atoms with E-state index in [1.54, 1.807) is 0 Å². The van der Waals surface area contributed by atoms with E-state index >= 15 is 0 Å². The zero-order valence-corrected chi connectivity index (χ0v) is 14.7. The standard InChI is InChI=1S/C20H34O3/c1-2-3-12-15-18-19(23-18)16-13-10-8-6-4-5-7-9-11-14-17-20(21)22/h4,6,10,13,18-19H,2-3,5,7-9,11-12,14-17H2,1H3,(H,21,22)/b6-4-,13-10-/t18-,19+/m1/s1. The van der Waals surface area contributed by atoms with Gasteiger partial charge in [-0.2, -0.15) is 0 Å². The maximum absolute atomic E-state index is 10.4. The minimum absolute atomic E-state index is 0.310. The van der Waals surface area contributed by atoms with Crippen LogP contribution in [0.2, 0.25) is 0 Å². The third-order valence-corrected chi connectivity index (χ3v) is 4.27. The average molecular weight is 322 g/mol. The van der Waals surface area contributed by atoms with Crippen molar-refractivity contribution in [3.8, 4) is 0 Å². The van der Waals surface area contributed by atoms with Crippen LogP contribution in [0.1, 0.15) is 84.0 Å². The van der Waals surface area contributed by atoms with Crippen molar-refractivity contribution in [2.24, 2.45) is 0 Å². The maximum Gasteiger partial charge on any atom is 0.303 e. The number of carboxylic acid groups (broad SMARTS) is 1. The van der Waals surface area contributed by atoms with Crippen LogP contribution >= 0.6 is 0 Å². The summed E-state index contributed by atoms with van der Waals surface area (Å²) in [5.41, 5.74) is 0. The van der Waals surface area contributed by atoms with Crippen LogP contribution in [0.25, 0.3) is 0 Å². The second kappa shape index (κ2) is 13.4. The first kappa shape index (κ1) is 20.0. The Kier molecular flexibility index (Phi) is 11.6. The van der Waals surface area contributed by atoms with Crippen molar-refractivity contribution < 1.29 is 14.6 Å². The van der Waals surface area contributed by atoms with Gasteiger partial charge in [0.1, 0.15) is 0 Å². The lowest BCUT2D eigenvalue weighted by Crippen LogP contribution is -1.93. The predicted molar refractivity (Wildman–Crippen MR) is 95.7 cm³/mol. The predicted octanol–water partition coefficient (Wildman–Crippen LogP) is 5.65. The number of epoxide rings is 1. The third kappa shape index (κ3) is 12.1. The molecule has 0 spiro atoms. The van der Waals surface area contributed by atoms with Gasteiger partial charge in [-0.3, -0.25) is 4.79 Å². The van der Waals surface area contributed by atoms with Gasteiger partial charge in [-0.25, -0.2) is 0 Å². The fourth-order valence-electron chi connectivity index (χ4n) is 2.75. The fraction of sp³-hybridized carbons (Fsp3) is 0.750. The highest BCUT2D eigenvalue weighted by atomic mass is 16.6. The van der Waals surface area contributed by atoms with Crippen LogP contribution in [0.3, 0.4) is 0 Å². The number of hydrogen-bond donors (Lipinski definition) is 1. The quantitative estimate of drug-likeness (QED) is 0.241. The van der Waals surface area contributed by atoms with E-state index in [1.807, 2.05) is 0 Å². The Morgan fingerprint density at radius 2 is 1.74 bits per heavy atom. The molecule has 0 radical (unpaired) electrons. The van der Waals surface area contributed by atoms with E-state index < -0.39 is 5.97 Å². The van der Waals surface area contributed by atoms with Crippen LogP contribution in [0, 0.1) is 0 Å². The highest BCUT2D eigenvalue weighted by molar-refractivity contribution is 5.66. The van der Waals surface area contributed by atoms with Crippen molar-refractivity contribution in [3.05, 3.63) is 24.3 Å². The first-order valence-electron chi connectivity index (χ1n) is 9.41. The van der Waals surface area contributed by atoms with Crippen molar-refractivity contribution in [2.45, 2.75) is 96.2 Å². The summed E-state index contributed by atoms with van der Waals surface area (Å²) >= 11 is 0. The summed E-state index contributed by atoms with van der Waals surface area (Å²) in [5, 5.41) is 8.53. The van der Waals surface area contributed by atoms with Crippen LogP contribution in [-0.2, 0) is 9.53 Å². The number of allylic oxidation sites excluding steroid dienone is 3. The van der Waals surface area contributed by atoms with Gasteiger partial charge in [0.25, 0.3) is 0 Å². The summed E-state index contributed by atoms with van der Waals surface area (Å²) in [6.45, 7) is 2.24. The molecule has 0 aliphatic carbocycles. The Bertz CT molecular complexity index is 360. The zero-order chi connectivity index (χ0) is 16.8. The number of hydrogen-bond acceptors (Lipinski definition) is 2. The minimum Gasteiger partial charge on any atom is -0.481 e. The maximum atomic E-state index is 10.4. The second-order valence-electron chi connectivity index (χ2n) is 6.47. The van der Waals surface area contributed by atoms with Gasteiger partial charge in [0.15, 0.2) is 0 Å². The van der Waals surface area contributed by atoms with Gasteiger partial charge >= 0.3 is 5.97 Å². The number of carboxylic acids is 1. The molecule has 1 heterocycles. The molecule has 3 heteroatoms. The molecule has 1 saturated heterocycles. The molecule has 1 aliphatic heterocycles. The minimum atomic E-state index is -0.680. The van der Waals surface area contributed by atoms with Crippen LogP contribution in [0.4, 0.5) is 0 Å². The zero-order valence-electron chi connectivity index (χ0n) is 14.7. The number of carbonyl (C=O) groups is 1. The molecule has 0 aromatic heterocycles. The van der Waals surface area contributed by atoms with E-state index in [-0.39, 0.29) is 0 Å². The van der Waals surface area contributed by atoms with E-state index in [0.717, 1.165) is 44.9 Å². The summed E-state index contributed by atoms with van der Waals surface area (Å²) in [6.07, 6.45) is 22.7. The van der Waals surface area contributed by atoms with Gasteiger partial charge < -0.3 is 9.84 Å². The van der Waals surface area contributed by atoms with Gasteiger partial charge in [-0.05, 0) is 38.5 Å². The van der Waals surface area contributed by atoms with Crippen molar-refractivity contribution in [3.63, 3.8) is 0 Å². The normalized spacial score (nSPS) is 20.6. The second-order valence-corrected chi connectivity index (χ2v) is 6.47. The Morgan fingerprint density at radius 3 is 2.52 bits per heavy atom. The Hall–Kier alpha value is -1.09. The molecular formula is C20H34O3. The molecule has 0 amide bonds. The Balaban J connectivity index is 1.84. The first-order chi connectivity index (χ1) is 11.2. The molecule has 1 N–H and O–H groups in total. The van der Waals surface area contributed by atoms with Crippen molar-refractivity contribution in [2.75, 3.05) is 0 Å². The van der Waals surface area contributed by atoms with Crippen LogP contribution in [0.15, 0.2) is 24.3 Å². The molecule has 1 rings (SSSR count). The van der Waals surface area contributed by atoms with Gasteiger partial charge in [0.05, 0.1) is 12.2 Å². The number of aliphatic carboxylic acids is 1. The average Bonchev–Trinajstić information content (AvgIpc) is 3.27. The lowest BCUT2D eigenvalue weighted by molar-refractivity contribution is -0.137. The van der Waals surface area contributed by atoms with Crippen LogP contribution in [0.5, 0.6) is 0 Å². The first-order valence-corrected chi connectivity index (χ1v) is 9.41. The van der Waals surface area contributed by atoms with E-state index in [0.29, 0.717) is 18.6 Å². The Labute approximate surface area is 141 Å². The van der Waals surface area contributed by atoms with Crippen LogP contribution in [-0.4, -0.2) is 23.3 Å². The fourth-order valence-corrected chi connectivity index (χ4v) is 2.75. The molecule has 2 atom stereocenters. The molecule has 0 bridgehead atoms. The molecule has 23 heavy (non-hydrogen) atoms. The molecular weight excluding hydrogens is 288 g/mol. The lowest BCUT2D eigenvalue weighted by atomic mass is 10.1. The number of rotatable bonds is 15.